The minimum atomic E-state index is 0.153. The molecule has 4 rings (SSSR count). The highest BCUT2D eigenvalue weighted by atomic mass is 16.2. The second-order valence-electron chi connectivity index (χ2n) is 8.20. The van der Waals surface area contributed by atoms with E-state index < -0.39 is 0 Å². The molecule has 0 bridgehead atoms. The van der Waals surface area contributed by atoms with Crippen LogP contribution in [0.2, 0.25) is 0 Å². The van der Waals surface area contributed by atoms with Gasteiger partial charge in [0.2, 0.25) is 5.91 Å². The highest BCUT2D eigenvalue weighted by Gasteiger charge is 2.30. The molecule has 6 nitrogen and oxygen atoms in total. The Hall–Kier alpha value is -2.47. The van der Waals surface area contributed by atoms with Crippen molar-refractivity contribution in [2.45, 2.75) is 26.2 Å². The zero-order chi connectivity index (χ0) is 20.1. The van der Waals surface area contributed by atoms with Gasteiger partial charge in [0, 0.05) is 51.7 Å². The molecule has 0 atom stereocenters. The number of piperidine rings is 1. The van der Waals surface area contributed by atoms with Gasteiger partial charge in [0.25, 0.3) is 0 Å². The Balaban J connectivity index is 1.20. The maximum absolute atomic E-state index is 13.0. The molecule has 1 aromatic carbocycles. The molecular weight excluding hydrogens is 362 g/mol. The van der Waals surface area contributed by atoms with Gasteiger partial charge >= 0.3 is 0 Å². The lowest BCUT2D eigenvalue weighted by Crippen LogP contribution is -2.52. The van der Waals surface area contributed by atoms with Crippen molar-refractivity contribution in [1.82, 2.24) is 20.0 Å². The number of hydrogen-bond acceptors (Lipinski definition) is 5. The van der Waals surface area contributed by atoms with E-state index in [1.807, 2.05) is 19.1 Å². The zero-order valence-electron chi connectivity index (χ0n) is 17.3. The van der Waals surface area contributed by atoms with Crippen LogP contribution in [0.15, 0.2) is 42.5 Å². The lowest BCUT2D eigenvalue weighted by atomic mass is 9.95. The number of nitrogens with zero attached hydrogens (tertiary/aromatic N) is 5. The Kier molecular flexibility index (Phi) is 6.39. The van der Waals surface area contributed by atoms with Crippen LogP contribution in [0.1, 0.15) is 24.1 Å². The molecule has 0 aliphatic carbocycles. The van der Waals surface area contributed by atoms with Crippen LogP contribution in [0, 0.1) is 12.8 Å². The summed E-state index contributed by atoms with van der Waals surface area (Å²) in [5, 5.41) is 8.44. The summed E-state index contributed by atoms with van der Waals surface area (Å²) in [6.45, 7) is 8.46. The number of carbonyl (C=O) groups is 1. The van der Waals surface area contributed by atoms with Crippen molar-refractivity contribution in [3.63, 3.8) is 0 Å². The van der Waals surface area contributed by atoms with Crippen LogP contribution in [0.3, 0.4) is 0 Å². The van der Waals surface area contributed by atoms with Crippen molar-refractivity contribution in [1.29, 1.82) is 0 Å². The first kappa shape index (κ1) is 19.8. The lowest BCUT2D eigenvalue weighted by Gasteiger charge is -2.38. The summed E-state index contributed by atoms with van der Waals surface area (Å²) in [4.78, 5) is 19.8. The third-order valence-electron chi connectivity index (χ3n) is 6.20. The maximum Gasteiger partial charge on any atom is 0.225 e. The van der Waals surface area contributed by atoms with Crippen LogP contribution < -0.4 is 4.90 Å². The predicted molar refractivity (Wildman–Crippen MR) is 115 cm³/mol. The minimum Gasteiger partial charge on any atom is -0.355 e. The molecule has 154 valence electrons. The number of aryl methyl sites for hydroxylation is 1. The lowest BCUT2D eigenvalue weighted by molar-refractivity contribution is -0.138. The molecule has 1 aromatic heterocycles. The van der Waals surface area contributed by atoms with Crippen molar-refractivity contribution in [3.05, 3.63) is 53.7 Å². The fourth-order valence-corrected chi connectivity index (χ4v) is 4.30. The Morgan fingerprint density at radius 2 is 1.66 bits per heavy atom. The molecule has 0 radical (unpaired) electrons. The molecule has 1 amide bonds. The van der Waals surface area contributed by atoms with Crippen molar-refractivity contribution < 1.29 is 4.79 Å². The second-order valence-corrected chi connectivity index (χ2v) is 8.20. The molecule has 2 aliphatic rings. The van der Waals surface area contributed by atoms with Gasteiger partial charge in [-0.2, -0.15) is 5.10 Å². The topological polar surface area (TPSA) is 52.6 Å². The van der Waals surface area contributed by atoms with E-state index in [0.29, 0.717) is 5.91 Å². The van der Waals surface area contributed by atoms with Gasteiger partial charge in [-0.15, -0.1) is 5.10 Å². The van der Waals surface area contributed by atoms with Gasteiger partial charge in [-0.25, -0.2) is 0 Å². The molecule has 0 spiro atoms. The summed E-state index contributed by atoms with van der Waals surface area (Å²) in [6.07, 6.45) is 2.89. The molecule has 2 aliphatic heterocycles. The highest BCUT2D eigenvalue weighted by Crippen LogP contribution is 2.23. The number of rotatable bonds is 5. The van der Waals surface area contributed by atoms with Crippen molar-refractivity contribution >= 4 is 11.7 Å². The van der Waals surface area contributed by atoms with E-state index in [1.54, 1.807) is 0 Å². The number of carbonyl (C=O) groups excluding carboxylic acids is 1. The average molecular weight is 394 g/mol. The third-order valence-corrected chi connectivity index (χ3v) is 6.20. The molecule has 6 heteroatoms. The molecule has 29 heavy (non-hydrogen) atoms. The SMILES string of the molecule is Cc1ccc(N2CCC(C(=O)N3CCN(CCc4ccccc4)CC3)CC2)nn1. The molecule has 2 saturated heterocycles. The summed E-state index contributed by atoms with van der Waals surface area (Å²) >= 11 is 0. The zero-order valence-corrected chi connectivity index (χ0v) is 17.3. The third kappa shape index (κ3) is 5.12. The number of piperazine rings is 1. The van der Waals surface area contributed by atoms with Crippen LogP contribution in [0.4, 0.5) is 5.82 Å². The summed E-state index contributed by atoms with van der Waals surface area (Å²) in [7, 11) is 0. The monoisotopic (exact) mass is 393 g/mol. The standard InChI is InChI=1S/C23H31N5O/c1-19-7-8-22(25-24-19)27-13-10-21(11-14-27)23(29)28-17-15-26(16-18-28)12-9-20-5-3-2-4-6-20/h2-8,21H,9-18H2,1H3. The van der Waals surface area contributed by atoms with Gasteiger partial charge in [0.05, 0.1) is 5.69 Å². The number of benzene rings is 1. The predicted octanol–water partition coefficient (Wildman–Crippen LogP) is 2.39. The Labute approximate surface area is 173 Å². The van der Waals surface area contributed by atoms with E-state index in [0.717, 1.165) is 76.6 Å². The summed E-state index contributed by atoms with van der Waals surface area (Å²) in [6, 6.07) is 14.7. The van der Waals surface area contributed by atoms with Crippen LogP contribution in [-0.4, -0.2) is 71.7 Å². The van der Waals surface area contributed by atoms with Crippen LogP contribution in [0.5, 0.6) is 0 Å². The van der Waals surface area contributed by atoms with Crippen LogP contribution in [0.25, 0.3) is 0 Å². The Morgan fingerprint density at radius 3 is 2.31 bits per heavy atom. The fourth-order valence-electron chi connectivity index (χ4n) is 4.30. The van der Waals surface area contributed by atoms with E-state index >= 15 is 0 Å². The second kappa shape index (κ2) is 9.35. The first-order chi connectivity index (χ1) is 14.2. The Morgan fingerprint density at radius 1 is 0.931 bits per heavy atom. The first-order valence-corrected chi connectivity index (χ1v) is 10.8. The van der Waals surface area contributed by atoms with E-state index in [9.17, 15) is 4.79 Å². The average Bonchev–Trinajstić information content (AvgIpc) is 2.79. The van der Waals surface area contributed by atoms with E-state index in [1.165, 1.54) is 5.56 Å². The van der Waals surface area contributed by atoms with Gasteiger partial charge in [-0.05, 0) is 43.9 Å². The molecule has 0 unspecified atom stereocenters. The van der Waals surface area contributed by atoms with Gasteiger partial charge < -0.3 is 9.80 Å². The molecule has 0 saturated carbocycles. The normalized spacial score (nSPS) is 18.8. The number of aromatic nitrogens is 2. The summed E-state index contributed by atoms with van der Waals surface area (Å²) in [5.74, 6) is 1.43. The van der Waals surface area contributed by atoms with Gasteiger partial charge in [-0.1, -0.05) is 30.3 Å². The summed E-state index contributed by atoms with van der Waals surface area (Å²) < 4.78 is 0. The minimum absolute atomic E-state index is 0.153. The smallest absolute Gasteiger partial charge is 0.225 e. The highest BCUT2D eigenvalue weighted by molar-refractivity contribution is 5.79. The van der Waals surface area contributed by atoms with Gasteiger partial charge in [-0.3, -0.25) is 9.69 Å². The Bertz CT molecular complexity index is 779. The van der Waals surface area contributed by atoms with E-state index in [2.05, 4.69) is 55.2 Å². The molecule has 2 aromatic rings. The molecular formula is C23H31N5O. The van der Waals surface area contributed by atoms with E-state index in [4.69, 9.17) is 0 Å². The number of amides is 1. The first-order valence-electron chi connectivity index (χ1n) is 10.8. The van der Waals surface area contributed by atoms with Gasteiger partial charge in [0.15, 0.2) is 5.82 Å². The fraction of sp³-hybridized carbons (Fsp3) is 0.522. The maximum atomic E-state index is 13.0. The molecule has 0 N–H and O–H groups in total. The van der Waals surface area contributed by atoms with Crippen LogP contribution >= 0.6 is 0 Å². The summed E-state index contributed by atoms with van der Waals surface area (Å²) in [5.41, 5.74) is 2.32. The van der Waals surface area contributed by atoms with Crippen LogP contribution in [-0.2, 0) is 11.2 Å². The van der Waals surface area contributed by atoms with Gasteiger partial charge in [0.1, 0.15) is 0 Å². The quantitative estimate of drug-likeness (QED) is 0.781. The number of anilines is 1. The van der Waals surface area contributed by atoms with E-state index in [-0.39, 0.29) is 5.92 Å². The molecule has 3 heterocycles. The van der Waals surface area contributed by atoms with Crippen molar-refractivity contribution in [2.75, 3.05) is 50.7 Å². The molecule has 2 fully saturated rings. The van der Waals surface area contributed by atoms with Crippen molar-refractivity contribution in [3.8, 4) is 0 Å². The number of hydrogen-bond donors (Lipinski definition) is 0. The van der Waals surface area contributed by atoms with Crippen molar-refractivity contribution in [2.24, 2.45) is 5.92 Å². The largest absolute Gasteiger partial charge is 0.355 e.